The molecule has 1 fully saturated rings. The summed E-state index contributed by atoms with van der Waals surface area (Å²) in [5.74, 6) is -1.58. The van der Waals surface area contributed by atoms with Gasteiger partial charge in [0.25, 0.3) is 11.6 Å². The maximum absolute atomic E-state index is 14.1. The van der Waals surface area contributed by atoms with Crippen LogP contribution in [0.5, 0.6) is 0 Å². The Morgan fingerprint density at radius 1 is 1.14 bits per heavy atom. The number of rotatable bonds is 5. The summed E-state index contributed by atoms with van der Waals surface area (Å²) >= 11 is 0. The molecule has 1 saturated heterocycles. The number of hydrogen-bond donors (Lipinski definition) is 1. The molecule has 9 heteroatoms. The molecule has 1 N–H and O–H groups in total. The maximum atomic E-state index is 14.1. The minimum absolute atomic E-state index is 0.147. The van der Waals surface area contributed by atoms with Crippen LogP contribution >= 0.6 is 0 Å². The second-order valence-corrected chi connectivity index (χ2v) is 6.90. The van der Waals surface area contributed by atoms with Gasteiger partial charge in [0.2, 0.25) is 0 Å². The predicted molar refractivity (Wildman–Crippen MR) is 105 cm³/mol. The molecule has 1 unspecified atom stereocenters. The van der Waals surface area contributed by atoms with Gasteiger partial charge in [0, 0.05) is 63.0 Å². The molecule has 0 saturated carbocycles. The van der Waals surface area contributed by atoms with Gasteiger partial charge in [0.15, 0.2) is 0 Å². The number of non-ortho nitro benzene ring substituents is 1. The number of carbonyl (C=O) groups excluding carboxylic acids is 1. The Balaban J connectivity index is 1.76. The lowest BCUT2D eigenvalue weighted by Gasteiger charge is -2.39. The number of nitrogens with zero attached hydrogens (tertiary/aromatic N) is 3. The van der Waals surface area contributed by atoms with Crippen LogP contribution < -0.4 is 10.2 Å². The van der Waals surface area contributed by atoms with Crippen LogP contribution in [-0.2, 0) is 0 Å². The molecule has 1 amide bonds. The first-order valence-electron chi connectivity index (χ1n) is 9.26. The number of nitro benzene ring substituents is 1. The minimum atomic E-state index is -0.608. The van der Waals surface area contributed by atoms with Crippen molar-refractivity contribution in [1.29, 1.82) is 0 Å². The molecule has 3 rings (SSSR count). The van der Waals surface area contributed by atoms with E-state index in [0.29, 0.717) is 37.4 Å². The number of benzene rings is 2. The number of hydrogen-bond acceptors (Lipinski definition) is 5. The average molecular weight is 404 g/mol. The highest BCUT2D eigenvalue weighted by atomic mass is 19.1. The summed E-state index contributed by atoms with van der Waals surface area (Å²) in [6.45, 7) is 4.20. The van der Waals surface area contributed by atoms with E-state index in [4.69, 9.17) is 0 Å². The van der Waals surface area contributed by atoms with E-state index in [1.807, 2.05) is 11.8 Å². The first-order chi connectivity index (χ1) is 13.8. The molecule has 0 bridgehead atoms. The second kappa shape index (κ2) is 8.52. The number of halogens is 2. The Labute approximate surface area is 167 Å². The third-order valence-electron chi connectivity index (χ3n) is 5.28. The van der Waals surface area contributed by atoms with Gasteiger partial charge in [-0.05, 0) is 19.1 Å². The van der Waals surface area contributed by atoms with E-state index in [1.165, 1.54) is 31.3 Å². The van der Waals surface area contributed by atoms with Crippen LogP contribution in [0.1, 0.15) is 28.9 Å². The molecule has 1 aliphatic rings. The number of nitro groups is 1. The molecule has 29 heavy (non-hydrogen) atoms. The smallest absolute Gasteiger partial charge is 0.270 e. The summed E-state index contributed by atoms with van der Waals surface area (Å²) in [7, 11) is 1.47. The molecule has 7 nitrogen and oxygen atoms in total. The highest BCUT2D eigenvalue weighted by Gasteiger charge is 2.27. The van der Waals surface area contributed by atoms with E-state index in [0.717, 1.165) is 6.07 Å². The Morgan fingerprint density at radius 3 is 2.41 bits per heavy atom. The Kier molecular flexibility index (Phi) is 6.07. The van der Waals surface area contributed by atoms with Crippen molar-refractivity contribution in [1.82, 2.24) is 10.2 Å². The minimum Gasteiger partial charge on any atom is -0.368 e. The van der Waals surface area contributed by atoms with Gasteiger partial charge in [-0.2, -0.15) is 0 Å². The lowest BCUT2D eigenvalue weighted by Crippen LogP contribution is -2.47. The number of piperazine rings is 1. The van der Waals surface area contributed by atoms with E-state index in [1.54, 1.807) is 6.07 Å². The van der Waals surface area contributed by atoms with E-state index in [-0.39, 0.29) is 17.3 Å². The fraction of sp³-hybridized carbons (Fsp3) is 0.350. The first kappa shape index (κ1) is 20.7. The zero-order valence-corrected chi connectivity index (χ0v) is 16.2. The van der Waals surface area contributed by atoms with E-state index < -0.39 is 22.5 Å². The number of anilines is 1. The van der Waals surface area contributed by atoms with Gasteiger partial charge in [-0.25, -0.2) is 8.78 Å². The molecule has 2 aromatic rings. The van der Waals surface area contributed by atoms with Crippen LogP contribution in [0.3, 0.4) is 0 Å². The van der Waals surface area contributed by atoms with Crippen LogP contribution in [0.2, 0.25) is 0 Å². The quantitative estimate of drug-likeness (QED) is 0.612. The van der Waals surface area contributed by atoms with Crippen molar-refractivity contribution in [3.8, 4) is 0 Å². The van der Waals surface area contributed by atoms with Crippen LogP contribution in [0, 0.1) is 21.7 Å². The molecule has 0 aromatic heterocycles. The Hall–Kier alpha value is -3.07. The predicted octanol–water partition coefficient (Wildman–Crippen LogP) is 3.12. The normalized spacial score (nSPS) is 15.8. The van der Waals surface area contributed by atoms with Crippen LogP contribution in [0.15, 0.2) is 36.4 Å². The van der Waals surface area contributed by atoms with Gasteiger partial charge in [-0.1, -0.05) is 6.07 Å². The molecule has 1 atom stereocenters. The van der Waals surface area contributed by atoms with Crippen LogP contribution in [0.4, 0.5) is 20.2 Å². The van der Waals surface area contributed by atoms with E-state index >= 15 is 0 Å². The third kappa shape index (κ3) is 4.34. The molecule has 0 spiro atoms. The Morgan fingerprint density at radius 2 is 1.83 bits per heavy atom. The van der Waals surface area contributed by atoms with Crippen molar-refractivity contribution in [3.05, 3.63) is 69.3 Å². The average Bonchev–Trinajstić information content (AvgIpc) is 2.72. The monoisotopic (exact) mass is 404 g/mol. The van der Waals surface area contributed by atoms with Crippen LogP contribution in [-0.4, -0.2) is 49.0 Å². The summed E-state index contributed by atoms with van der Waals surface area (Å²) in [5.41, 5.74) is 1.15. The standard InChI is InChI=1S/C20H22F2N4O3/c1-13(16-5-3-14(21)11-18(16)22)24-7-9-25(10-8-24)19-6-4-15(26(28)29)12-17(19)20(27)23-2/h3-6,11-13H,7-10H2,1-2H3,(H,23,27). The molecule has 1 heterocycles. The number of nitrogens with one attached hydrogen (secondary N) is 1. The van der Waals surface area contributed by atoms with Crippen molar-refractivity contribution >= 4 is 17.3 Å². The second-order valence-electron chi connectivity index (χ2n) is 6.90. The molecular formula is C20H22F2N4O3. The van der Waals surface area contributed by atoms with Gasteiger partial charge in [-0.15, -0.1) is 0 Å². The molecular weight excluding hydrogens is 382 g/mol. The van der Waals surface area contributed by atoms with Crippen molar-refractivity contribution in [3.63, 3.8) is 0 Å². The molecule has 0 aliphatic carbocycles. The van der Waals surface area contributed by atoms with Gasteiger partial charge in [-0.3, -0.25) is 19.8 Å². The first-order valence-corrected chi connectivity index (χ1v) is 9.26. The zero-order valence-electron chi connectivity index (χ0n) is 16.2. The van der Waals surface area contributed by atoms with Crippen molar-refractivity contribution in [2.45, 2.75) is 13.0 Å². The highest BCUT2D eigenvalue weighted by molar-refractivity contribution is 6.00. The van der Waals surface area contributed by atoms with E-state index in [9.17, 15) is 23.7 Å². The summed E-state index contributed by atoms with van der Waals surface area (Å²) in [6.07, 6.45) is 0. The molecule has 1 aliphatic heterocycles. The van der Waals surface area contributed by atoms with Gasteiger partial charge in [0.1, 0.15) is 11.6 Å². The molecule has 2 aromatic carbocycles. The lowest BCUT2D eigenvalue weighted by atomic mass is 10.0. The maximum Gasteiger partial charge on any atom is 0.270 e. The lowest BCUT2D eigenvalue weighted by molar-refractivity contribution is -0.384. The SMILES string of the molecule is CNC(=O)c1cc([N+](=O)[O-])ccc1N1CCN(C(C)c2ccc(F)cc2F)CC1. The fourth-order valence-electron chi connectivity index (χ4n) is 3.62. The van der Waals surface area contributed by atoms with E-state index in [2.05, 4.69) is 10.2 Å². The van der Waals surface area contributed by atoms with Crippen molar-refractivity contribution in [2.24, 2.45) is 0 Å². The summed E-state index contributed by atoms with van der Waals surface area (Å²) in [6, 6.07) is 7.60. The highest BCUT2D eigenvalue weighted by Crippen LogP contribution is 2.29. The van der Waals surface area contributed by atoms with Gasteiger partial charge in [0.05, 0.1) is 16.2 Å². The van der Waals surface area contributed by atoms with Crippen molar-refractivity contribution < 1.29 is 18.5 Å². The summed E-state index contributed by atoms with van der Waals surface area (Å²) in [5, 5.41) is 13.6. The number of carbonyl (C=O) groups is 1. The number of amides is 1. The summed E-state index contributed by atoms with van der Waals surface area (Å²) < 4.78 is 27.3. The zero-order chi connectivity index (χ0) is 21.1. The van der Waals surface area contributed by atoms with Gasteiger partial charge < -0.3 is 10.2 Å². The summed E-state index contributed by atoms with van der Waals surface area (Å²) in [4.78, 5) is 26.8. The fourth-order valence-corrected chi connectivity index (χ4v) is 3.62. The molecule has 0 radical (unpaired) electrons. The third-order valence-corrected chi connectivity index (χ3v) is 5.28. The van der Waals surface area contributed by atoms with Crippen LogP contribution in [0.25, 0.3) is 0 Å². The van der Waals surface area contributed by atoms with Crippen molar-refractivity contribution in [2.75, 3.05) is 38.1 Å². The topological polar surface area (TPSA) is 78.7 Å². The van der Waals surface area contributed by atoms with Gasteiger partial charge >= 0.3 is 0 Å². The Bertz CT molecular complexity index is 930. The molecule has 154 valence electrons. The largest absolute Gasteiger partial charge is 0.368 e.